The Kier molecular flexibility index (Phi) is 2.66. The van der Waals surface area contributed by atoms with Gasteiger partial charge in [0.2, 0.25) is 0 Å². The minimum atomic E-state index is -0.210. The maximum absolute atomic E-state index is 8.59. The lowest BCUT2D eigenvalue weighted by atomic mass is 9.77. The predicted molar refractivity (Wildman–Crippen MR) is 45.8 cm³/mol. The van der Waals surface area contributed by atoms with Crippen molar-refractivity contribution in [2.75, 3.05) is 0 Å². The number of nitriles is 2. The monoisotopic (exact) mass is 158 g/mol. The van der Waals surface area contributed by atoms with Crippen molar-refractivity contribution in [1.82, 2.24) is 0 Å². The normalized spacial score (nSPS) is 18.2. The summed E-state index contributed by atoms with van der Waals surface area (Å²) in [6.07, 6.45) is 9.52. The van der Waals surface area contributed by atoms with Gasteiger partial charge in [0.25, 0.3) is 0 Å². The lowest BCUT2D eigenvalue weighted by Crippen LogP contribution is -2.17. The van der Waals surface area contributed by atoms with Crippen LogP contribution in [0.3, 0.4) is 0 Å². The molecule has 0 unspecified atom stereocenters. The molecule has 2 nitrogen and oxygen atoms in total. The van der Waals surface area contributed by atoms with Gasteiger partial charge in [0, 0.05) is 18.3 Å². The van der Waals surface area contributed by atoms with Crippen LogP contribution in [0.1, 0.15) is 19.3 Å². The van der Waals surface area contributed by atoms with Crippen LogP contribution in [0.5, 0.6) is 0 Å². The first kappa shape index (κ1) is 8.56. The van der Waals surface area contributed by atoms with Gasteiger partial charge in [-0.05, 0) is 6.42 Å². The van der Waals surface area contributed by atoms with E-state index in [-0.39, 0.29) is 5.41 Å². The molecule has 0 radical (unpaired) electrons. The fourth-order valence-corrected chi connectivity index (χ4v) is 1.35. The Hall–Kier alpha value is -1.54. The highest BCUT2D eigenvalue weighted by Gasteiger charge is 2.26. The predicted octanol–water partition coefficient (Wildman–Crippen LogP) is 2.32. The van der Waals surface area contributed by atoms with Crippen LogP contribution in [0.2, 0.25) is 0 Å². The van der Waals surface area contributed by atoms with Crippen molar-refractivity contribution in [1.29, 1.82) is 10.5 Å². The maximum Gasteiger partial charge on any atom is 0.0631 e. The molecule has 0 atom stereocenters. The third kappa shape index (κ3) is 1.74. The van der Waals surface area contributed by atoms with Gasteiger partial charge in [-0.3, -0.25) is 0 Å². The van der Waals surface area contributed by atoms with Gasteiger partial charge >= 0.3 is 0 Å². The molecular weight excluding hydrogens is 148 g/mol. The highest BCUT2D eigenvalue weighted by Crippen LogP contribution is 2.34. The second-order valence-electron chi connectivity index (χ2n) is 3.02. The van der Waals surface area contributed by atoms with Crippen LogP contribution in [0.4, 0.5) is 0 Å². The van der Waals surface area contributed by atoms with E-state index in [1.54, 1.807) is 0 Å². The van der Waals surface area contributed by atoms with Crippen molar-refractivity contribution >= 4 is 0 Å². The Balaban J connectivity index is 2.75. The fraction of sp³-hybridized carbons (Fsp3) is 0.400. The quantitative estimate of drug-likeness (QED) is 0.619. The van der Waals surface area contributed by atoms with Crippen molar-refractivity contribution < 1.29 is 0 Å². The molecule has 0 aromatic carbocycles. The summed E-state index contributed by atoms with van der Waals surface area (Å²) >= 11 is 0. The van der Waals surface area contributed by atoms with Gasteiger partial charge in [-0.2, -0.15) is 10.5 Å². The molecule has 1 aliphatic carbocycles. The number of allylic oxidation sites excluding steroid dienone is 4. The minimum absolute atomic E-state index is 0.210. The molecule has 12 heavy (non-hydrogen) atoms. The highest BCUT2D eigenvalue weighted by atomic mass is 14.3. The Bertz CT molecular complexity index is 270. The summed E-state index contributed by atoms with van der Waals surface area (Å²) < 4.78 is 0. The first-order valence-corrected chi connectivity index (χ1v) is 3.91. The molecule has 1 rings (SSSR count). The summed E-state index contributed by atoms with van der Waals surface area (Å²) in [7, 11) is 0. The molecule has 1 aliphatic rings. The first-order valence-electron chi connectivity index (χ1n) is 3.91. The Morgan fingerprint density at radius 3 is 2.25 bits per heavy atom. The third-order valence-corrected chi connectivity index (χ3v) is 2.08. The molecule has 0 amide bonds. The average Bonchev–Trinajstić information content (AvgIpc) is 2.07. The van der Waals surface area contributed by atoms with E-state index in [2.05, 4.69) is 12.1 Å². The molecule has 0 fully saturated rings. The molecule has 0 aliphatic heterocycles. The zero-order valence-corrected chi connectivity index (χ0v) is 6.83. The third-order valence-electron chi connectivity index (χ3n) is 2.08. The number of rotatable bonds is 2. The van der Waals surface area contributed by atoms with Crippen LogP contribution in [-0.2, 0) is 0 Å². The smallest absolute Gasteiger partial charge is 0.0631 e. The molecular formula is C10H10N2. The lowest BCUT2D eigenvalue weighted by Gasteiger charge is -2.25. The second kappa shape index (κ2) is 3.74. The minimum Gasteiger partial charge on any atom is -0.198 e. The summed E-state index contributed by atoms with van der Waals surface area (Å²) in [4.78, 5) is 0. The molecule has 0 aromatic heterocycles. The Morgan fingerprint density at radius 2 is 1.83 bits per heavy atom. The molecule has 0 aromatic rings. The van der Waals surface area contributed by atoms with Crippen LogP contribution < -0.4 is 0 Å². The van der Waals surface area contributed by atoms with E-state index in [0.717, 1.165) is 6.42 Å². The first-order chi connectivity index (χ1) is 5.83. The molecule has 0 saturated carbocycles. The van der Waals surface area contributed by atoms with Crippen LogP contribution in [0.15, 0.2) is 24.3 Å². The molecule has 0 N–H and O–H groups in total. The number of hydrogen-bond acceptors (Lipinski definition) is 2. The number of nitrogens with zero attached hydrogens (tertiary/aromatic N) is 2. The van der Waals surface area contributed by atoms with Gasteiger partial charge in [0.1, 0.15) is 0 Å². The van der Waals surface area contributed by atoms with Crippen molar-refractivity contribution in [3.63, 3.8) is 0 Å². The van der Waals surface area contributed by atoms with Gasteiger partial charge in [-0.1, -0.05) is 24.3 Å². The maximum atomic E-state index is 8.59. The molecule has 0 spiro atoms. The zero-order chi connectivity index (χ0) is 8.86. The van der Waals surface area contributed by atoms with Gasteiger partial charge < -0.3 is 0 Å². The molecule has 60 valence electrons. The van der Waals surface area contributed by atoms with E-state index in [0.29, 0.717) is 12.8 Å². The lowest BCUT2D eigenvalue weighted by molar-refractivity contribution is 0.402. The van der Waals surface area contributed by atoms with Gasteiger partial charge in [0.15, 0.2) is 0 Å². The summed E-state index contributed by atoms with van der Waals surface area (Å²) in [5, 5.41) is 17.2. The summed E-state index contributed by atoms with van der Waals surface area (Å²) in [6.45, 7) is 0. The van der Waals surface area contributed by atoms with Gasteiger partial charge in [-0.15, -0.1) is 0 Å². The van der Waals surface area contributed by atoms with Crippen LogP contribution in [-0.4, -0.2) is 0 Å². The summed E-state index contributed by atoms with van der Waals surface area (Å²) in [5.41, 5.74) is -0.210. The highest BCUT2D eigenvalue weighted by molar-refractivity contribution is 5.19. The van der Waals surface area contributed by atoms with Crippen LogP contribution >= 0.6 is 0 Å². The summed E-state index contributed by atoms with van der Waals surface area (Å²) in [5.74, 6) is 0. The van der Waals surface area contributed by atoms with Crippen LogP contribution in [0.25, 0.3) is 0 Å². The second-order valence-corrected chi connectivity index (χ2v) is 3.02. The van der Waals surface area contributed by atoms with E-state index in [1.165, 1.54) is 0 Å². The largest absolute Gasteiger partial charge is 0.198 e. The van der Waals surface area contributed by atoms with Crippen molar-refractivity contribution in [3.05, 3.63) is 24.3 Å². The SMILES string of the molecule is N#CCC1(CC#N)C=CC=CC1. The van der Waals surface area contributed by atoms with E-state index in [9.17, 15) is 0 Å². The standard InChI is InChI=1S/C10H10N2/c11-8-6-10(7-9-12)4-2-1-3-5-10/h1-4H,5-7H2. The number of hydrogen-bond donors (Lipinski definition) is 0. The Morgan fingerprint density at radius 1 is 1.17 bits per heavy atom. The Labute approximate surface area is 72.4 Å². The van der Waals surface area contributed by atoms with Crippen molar-refractivity contribution in [3.8, 4) is 12.1 Å². The molecule has 2 heteroatoms. The molecule has 0 bridgehead atoms. The topological polar surface area (TPSA) is 47.6 Å². The fourth-order valence-electron chi connectivity index (χ4n) is 1.35. The van der Waals surface area contributed by atoms with Crippen LogP contribution in [0, 0.1) is 28.1 Å². The summed E-state index contributed by atoms with van der Waals surface area (Å²) in [6, 6.07) is 4.25. The van der Waals surface area contributed by atoms with E-state index in [4.69, 9.17) is 10.5 Å². The zero-order valence-electron chi connectivity index (χ0n) is 6.83. The molecule has 0 saturated heterocycles. The van der Waals surface area contributed by atoms with Crippen molar-refractivity contribution in [2.24, 2.45) is 5.41 Å². The average molecular weight is 158 g/mol. The molecule has 0 heterocycles. The van der Waals surface area contributed by atoms with E-state index >= 15 is 0 Å². The van der Waals surface area contributed by atoms with Crippen molar-refractivity contribution in [2.45, 2.75) is 19.3 Å². The van der Waals surface area contributed by atoms with E-state index < -0.39 is 0 Å². The van der Waals surface area contributed by atoms with Gasteiger partial charge in [0.05, 0.1) is 12.1 Å². The van der Waals surface area contributed by atoms with Gasteiger partial charge in [-0.25, -0.2) is 0 Å². The van der Waals surface area contributed by atoms with E-state index in [1.807, 2.05) is 24.3 Å².